The van der Waals surface area contributed by atoms with Crippen LogP contribution in [0.1, 0.15) is 21.5 Å². The first-order valence-corrected chi connectivity index (χ1v) is 4.75. The number of allylic oxidation sites excluding steroid dienone is 1. The lowest BCUT2D eigenvalue weighted by molar-refractivity contribution is 0.0696. The summed E-state index contributed by atoms with van der Waals surface area (Å²) in [5.74, 6) is -0.535. The molecule has 0 heterocycles. The number of halogens is 1. The first kappa shape index (κ1) is 10.8. The molecular weight excluding hydrogens is 200 g/mol. The van der Waals surface area contributed by atoms with Gasteiger partial charge in [0.25, 0.3) is 0 Å². The molecule has 0 fully saturated rings. The Morgan fingerprint density at radius 2 is 2.29 bits per heavy atom. The van der Waals surface area contributed by atoms with Crippen LogP contribution >= 0.6 is 11.6 Å². The number of aryl methyl sites for hydroxylation is 1. The fourth-order valence-electron chi connectivity index (χ4n) is 1.19. The van der Waals surface area contributed by atoms with Crippen molar-refractivity contribution in [3.05, 3.63) is 41.0 Å². The minimum absolute atomic E-state index is 0.303. The molecule has 1 N–H and O–H groups in total. The Kier molecular flexibility index (Phi) is 3.72. The van der Waals surface area contributed by atoms with Gasteiger partial charge >= 0.3 is 5.97 Å². The molecule has 0 radical (unpaired) electrons. The monoisotopic (exact) mass is 210 g/mol. The Labute approximate surface area is 87.8 Å². The van der Waals surface area contributed by atoms with Crippen molar-refractivity contribution in [3.8, 4) is 0 Å². The Bertz CT molecular complexity index is 370. The zero-order chi connectivity index (χ0) is 10.6. The van der Waals surface area contributed by atoms with Crippen molar-refractivity contribution >= 4 is 23.6 Å². The van der Waals surface area contributed by atoms with Crippen LogP contribution in [0.2, 0.25) is 0 Å². The van der Waals surface area contributed by atoms with E-state index in [1.54, 1.807) is 24.3 Å². The Morgan fingerprint density at radius 1 is 1.57 bits per heavy atom. The molecule has 0 saturated carbocycles. The maximum absolute atomic E-state index is 10.8. The van der Waals surface area contributed by atoms with Crippen molar-refractivity contribution in [1.82, 2.24) is 0 Å². The van der Waals surface area contributed by atoms with Crippen LogP contribution in [-0.4, -0.2) is 17.0 Å². The summed E-state index contributed by atoms with van der Waals surface area (Å²) in [6, 6.07) is 5.21. The third kappa shape index (κ3) is 2.60. The van der Waals surface area contributed by atoms with Gasteiger partial charge in [-0.1, -0.05) is 29.8 Å². The third-order valence-electron chi connectivity index (χ3n) is 1.82. The summed E-state index contributed by atoms with van der Waals surface area (Å²) in [4.78, 5) is 10.8. The molecule has 0 aliphatic heterocycles. The van der Waals surface area contributed by atoms with Crippen LogP contribution < -0.4 is 0 Å². The van der Waals surface area contributed by atoms with Gasteiger partial charge in [-0.15, -0.1) is 11.6 Å². The van der Waals surface area contributed by atoms with Crippen LogP contribution in [0.15, 0.2) is 24.3 Å². The predicted molar refractivity (Wildman–Crippen MR) is 57.9 cm³/mol. The van der Waals surface area contributed by atoms with Crippen LogP contribution in [0.5, 0.6) is 0 Å². The minimum Gasteiger partial charge on any atom is -0.478 e. The second-order valence-corrected chi connectivity index (χ2v) is 3.26. The van der Waals surface area contributed by atoms with Crippen LogP contribution in [0.3, 0.4) is 0 Å². The molecule has 0 bridgehead atoms. The Morgan fingerprint density at radius 3 is 2.86 bits per heavy atom. The van der Waals surface area contributed by atoms with Crippen molar-refractivity contribution in [3.63, 3.8) is 0 Å². The summed E-state index contributed by atoms with van der Waals surface area (Å²) in [5, 5.41) is 8.89. The van der Waals surface area contributed by atoms with E-state index in [4.69, 9.17) is 16.7 Å². The molecule has 3 heteroatoms. The van der Waals surface area contributed by atoms with Crippen molar-refractivity contribution in [2.24, 2.45) is 0 Å². The van der Waals surface area contributed by atoms with Gasteiger partial charge in [-0.25, -0.2) is 4.79 Å². The lowest BCUT2D eigenvalue weighted by Crippen LogP contribution is -1.99. The molecule has 1 rings (SSSR count). The molecule has 14 heavy (non-hydrogen) atoms. The number of carbonyl (C=O) groups is 1. The van der Waals surface area contributed by atoms with Gasteiger partial charge in [-0.05, 0) is 18.6 Å². The fraction of sp³-hybridized carbons (Fsp3) is 0.182. The molecule has 0 aliphatic carbocycles. The van der Waals surface area contributed by atoms with Crippen molar-refractivity contribution in [2.75, 3.05) is 5.88 Å². The van der Waals surface area contributed by atoms with Gasteiger partial charge in [0.1, 0.15) is 0 Å². The molecule has 0 amide bonds. The molecule has 0 unspecified atom stereocenters. The third-order valence-corrected chi connectivity index (χ3v) is 2.00. The van der Waals surface area contributed by atoms with Gasteiger partial charge in [-0.2, -0.15) is 0 Å². The van der Waals surface area contributed by atoms with Gasteiger partial charge < -0.3 is 5.11 Å². The smallest absolute Gasteiger partial charge is 0.336 e. The van der Waals surface area contributed by atoms with E-state index >= 15 is 0 Å². The summed E-state index contributed by atoms with van der Waals surface area (Å²) in [6.45, 7) is 1.92. The zero-order valence-corrected chi connectivity index (χ0v) is 8.58. The first-order valence-electron chi connectivity index (χ1n) is 4.21. The number of alkyl halides is 1. The van der Waals surface area contributed by atoms with Crippen molar-refractivity contribution in [2.45, 2.75) is 6.92 Å². The molecule has 0 aliphatic rings. The summed E-state index contributed by atoms with van der Waals surface area (Å²) in [5.41, 5.74) is 2.03. The molecule has 0 atom stereocenters. The topological polar surface area (TPSA) is 37.3 Å². The second kappa shape index (κ2) is 4.82. The van der Waals surface area contributed by atoms with Gasteiger partial charge in [0.15, 0.2) is 0 Å². The molecule has 0 saturated heterocycles. The van der Waals surface area contributed by atoms with Crippen molar-refractivity contribution in [1.29, 1.82) is 0 Å². The number of benzene rings is 1. The molecule has 1 aromatic carbocycles. The predicted octanol–water partition coefficient (Wildman–Crippen LogP) is 2.95. The van der Waals surface area contributed by atoms with E-state index in [0.29, 0.717) is 17.0 Å². The highest BCUT2D eigenvalue weighted by atomic mass is 35.5. The number of carboxylic acids is 1. The lowest BCUT2D eigenvalue weighted by Gasteiger charge is -2.02. The van der Waals surface area contributed by atoms with Crippen LogP contribution in [-0.2, 0) is 0 Å². The first-order chi connectivity index (χ1) is 6.65. The average Bonchev–Trinajstić information content (AvgIpc) is 2.14. The number of hydrogen-bond acceptors (Lipinski definition) is 1. The van der Waals surface area contributed by atoms with Gasteiger partial charge in [0, 0.05) is 5.88 Å². The van der Waals surface area contributed by atoms with Crippen LogP contribution in [0.25, 0.3) is 6.08 Å². The SMILES string of the molecule is Cc1ccc(C(=O)O)c(C=CCCl)c1. The van der Waals surface area contributed by atoms with E-state index in [9.17, 15) is 4.79 Å². The maximum Gasteiger partial charge on any atom is 0.336 e. The van der Waals surface area contributed by atoms with Crippen LogP contribution in [0, 0.1) is 6.92 Å². The number of aromatic carboxylic acids is 1. The standard InChI is InChI=1S/C11H11ClO2/c1-8-4-5-10(11(13)14)9(7-8)3-2-6-12/h2-5,7H,6H2,1H3,(H,13,14). The molecule has 2 nitrogen and oxygen atoms in total. The Hall–Kier alpha value is -1.28. The normalized spacial score (nSPS) is 10.7. The highest BCUT2D eigenvalue weighted by molar-refractivity contribution is 6.19. The minimum atomic E-state index is -0.917. The maximum atomic E-state index is 10.8. The summed E-state index contributed by atoms with van der Waals surface area (Å²) in [6.07, 6.45) is 3.45. The molecule has 74 valence electrons. The van der Waals surface area contributed by atoms with E-state index in [-0.39, 0.29) is 0 Å². The number of hydrogen-bond donors (Lipinski definition) is 1. The molecule has 0 spiro atoms. The van der Waals surface area contributed by atoms with E-state index < -0.39 is 5.97 Å². The van der Waals surface area contributed by atoms with Crippen LogP contribution in [0.4, 0.5) is 0 Å². The number of rotatable bonds is 3. The zero-order valence-electron chi connectivity index (χ0n) is 7.83. The summed E-state index contributed by atoms with van der Waals surface area (Å²) < 4.78 is 0. The van der Waals surface area contributed by atoms with E-state index in [1.807, 2.05) is 13.0 Å². The number of carboxylic acid groups (broad SMARTS) is 1. The summed E-state index contributed by atoms with van der Waals surface area (Å²) in [7, 11) is 0. The summed E-state index contributed by atoms with van der Waals surface area (Å²) >= 11 is 5.49. The van der Waals surface area contributed by atoms with E-state index in [2.05, 4.69) is 0 Å². The van der Waals surface area contributed by atoms with Crippen molar-refractivity contribution < 1.29 is 9.90 Å². The largest absolute Gasteiger partial charge is 0.478 e. The molecular formula is C11H11ClO2. The second-order valence-electron chi connectivity index (χ2n) is 2.95. The highest BCUT2D eigenvalue weighted by Gasteiger charge is 2.06. The van der Waals surface area contributed by atoms with E-state index in [1.165, 1.54) is 0 Å². The quantitative estimate of drug-likeness (QED) is 0.779. The average molecular weight is 211 g/mol. The Balaban J connectivity index is 3.15. The highest BCUT2D eigenvalue weighted by Crippen LogP contribution is 2.13. The van der Waals surface area contributed by atoms with Gasteiger partial charge in [0.05, 0.1) is 5.56 Å². The van der Waals surface area contributed by atoms with Gasteiger partial charge in [-0.3, -0.25) is 0 Å². The molecule has 1 aromatic rings. The van der Waals surface area contributed by atoms with E-state index in [0.717, 1.165) is 5.56 Å². The fourth-order valence-corrected chi connectivity index (χ4v) is 1.28. The molecule has 0 aromatic heterocycles. The lowest BCUT2D eigenvalue weighted by atomic mass is 10.0. The van der Waals surface area contributed by atoms with Gasteiger partial charge in [0.2, 0.25) is 0 Å².